The predicted molar refractivity (Wildman–Crippen MR) is 110 cm³/mol. The van der Waals surface area contributed by atoms with Crippen molar-refractivity contribution in [2.24, 2.45) is 10.8 Å². The molecule has 3 heteroatoms. The van der Waals surface area contributed by atoms with Gasteiger partial charge in [0.1, 0.15) is 5.82 Å². The van der Waals surface area contributed by atoms with Crippen molar-refractivity contribution in [3.8, 4) is 0 Å². The largest absolute Gasteiger partial charge is 0.309 e. The minimum absolute atomic E-state index is 0.0887. The van der Waals surface area contributed by atoms with Crippen LogP contribution in [0.15, 0.2) is 18.2 Å². The number of anilines is 1. The van der Waals surface area contributed by atoms with E-state index in [0.717, 1.165) is 24.9 Å². The summed E-state index contributed by atoms with van der Waals surface area (Å²) in [5, 5.41) is 0. The van der Waals surface area contributed by atoms with Crippen LogP contribution in [-0.2, 0) is 11.2 Å². The number of amides is 1. The van der Waals surface area contributed by atoms with E-state index in [-0.39, 0.29) is 23.2 Å². The molecule has 1 atom stereocenters. The molecule has 0 N–H and O–H groups in total. The van der Waals surface area contributed by atoms with Gasteiger partial charge in [0.2, 0.25) is 5.91 Å². The van der Waals surface area contributed by atoms with E-state index >= 15 is 0 Å². The second-order valence-corrected chi connectivity index (χ2v) is 9.02. The van der Waals surface area contributed by atoms with Crippen molar-refractivity contribution in [1.82, 2.24) is 0 Å². The SMILES string of the molecule is CCCCCC(C)N(C(=O)C(C)(C)C(C)(C)C)c1ccc(F)c(CC)c1. The Labute approximate surface area is 160 Å². The lowest BCUT2D eigenvalue weighted by Gasteiger charge is -2.43. The summed E-state index contributed by atoms with van der Waals surface area (Å²) in [6.07, 6.45) is 5.00. The van der Waals surface area contributed by atoms with E-state index in [1.807, 2.05) is 31.7 Å². The molecule has 2 nitrogen and oxygen atoms in total. The zero-order chi connectivity index (χ0) is 20.1. The Morgan fingerprint density at radius 1 is 1.12 bits per heavy atom. The van der Waals surface area contributed by atoms with Crippen molar-refractivity contribution in [3.05, 3.63) is 29.6 Å². The molecule has 1 aromatic rings. The molecule has 0 aliphatic heterocycles. The fourth-order valence-electron chi connectivity index (χ4n) is 2.99. The second-order valence-electron chi connectivity index (χ2n) is 9.02. The number of carbonyl (C=O) groups excluding carboxylic acids is 1. The first kappa shape index (κ1) is 22.7. The summed E-state index contributed by atoms with van der Waals surface area (Å²) in [4.78, 5) is 15.5. The topological polar surface area (TPSA) is 20.3 Å². The smallest absolute Gasteiger partial charge is 0.233 e. The summed E-state index contributed by atoms with van der Waals surface area (Å²) in [7, 11) is 0. The van der Waals surface area contributed by atoms with Gasteiger partial charge in [-0.05, 0) is 48.9 Å². The van der Waals surface area contributed by atoms with Crippen molar-refractivity contribution in [1.29, 1.82) is 0 Å². The standard InChI is InChI=1S/C23H38FNO/c1-9-11-12-13-17(3)25(21(26)23(7,8)22(4,5)6)19-14-15-20(24)18(10-2)16-19/h14-17H,9-13H2,1-8H3. The van der Waals surface area contributed by atoms with Gasteiger partial charge in [-0.3, -0.25) is 4.79 Å². The van der Waals surface area contributed by atoms with Crippen LogP contribution < -0.4 is 4.90 Å². The third kappa shape index (κ3) is 5.08. The molecular weight excluding hydrogens is 325 g/mol. The molecule has 0 heterocycles. The van der Waals surface area contributed by atoms with Gasteiger partial charge in [0.15, 0.2) is 0 Å². The maximum absolute atomic E-state index is 14.0. The highest BCUT2D eigenvalue weighted by molar-refractivity contribution is 5.98. The van der Waals surface area contributed by atoms with E-state index in [1.54, 1.807) is 6.07 Å². The van der Waals surface area contributed by atoms with Crippen molar-refractivity contribution in [3.63, 3.8) is 0 Å². The summed E-state index contributed by atoms with van der Waals surface area (Å²) in [6, 6.07) is 5.19. The Kier molecular flexibility index (Phi) is 7.85. The number of aryl methyl sites for hydroxylation is 1. The molecule has 148 valence electrons. The normalized spacial score (nSPS) is 13.6. The molecule has 0 radical (unpaired) electrons. The number of halogens is 1. The number of benzene rings is 1. The Morgan fingerprint density at radius 2 is 1.73 bits per heavy atom. The van der Waals surface area contributed by atoms with Gasteiger partial charge in [0.05, 0.1) is 0 Å². The average molecular weight is 364 g/mol. The molecule has 0 spiro atoms. The molecule has 26 heavy (non-hydrogen) atoms. The van der Waals surface area contributed by atoms with E-state index in [0.29, 0.717) is 12.0 Å². The van der Waals surface area contributed by atoms with Crippen molar-refractivity contribution in [2.75, 3.05) is 4.90 Å². The first-order valence-corrected chi connectivity index (χ1v) is 10.1. The highest BCUT2D eigenvalue weighted by Crippen LogP contribution is 2.41. The quantitative estimate of drug-likeness (QED) is 0.467. The van der Waals surface area contributed by atoms with Gasteiger partial charge in [0.25, 0.3) is 0 Å². The second kappa shape index (κ2) is 9.01. The summed E-state index contributed by atoms with van der Waals surface area (Å²) in [5.41, 5.74) is 0.787. The molecule has 0 aliphatic carbocycles. The van der Waals surface area contributed by atoms with Crippen LogP contribution in [-0.4, -0.2) is 11.9 Å². The Balaban J connectivity index is 3.32. The van der Waals surface area contributed by atoms with Gasteiger partial charge in [-0.15, -0.1) is 0 Å². The van der Waals surface area contributed by atoms with E-state index in [1.165, 1.54) is 12.5 Å². The molecule has 0 aliphatic rings. The minimum atomic E-state index is -0.521. The van der Waals surface area contributed by atoms with Crippen LogP contribution in [0.2, 0.25) is 0 Å². The molecule has 0 saturated heterocycles. The lowest BCUT2D eigenvalue weighted by molar-refractivity contribution is -0.132. The first-order valence-electron chi connectivity index (χ1n) is 10.1. The predicted octanol–water partition coefficient (Wildman–Crippen LogP) is 6.76. The molecule has 1 unspecified atom stereocenters. The number of unbranched alkanes of at least 4 members (excludes halogenated alkanes) is 2. The number of hydrogen-bond acceptors (Lipinski definition) is 1. The first-order chi connectivity index (χ1) is 12.0. The highest BCUT2D eigenvalue weighted by atomic mass is 19.1. The van der Waals surface area contributed by atoms with Crippen LogP contribution >= 0.6 is 0 Å². The van der Waals surface area contributed by atoms with Gasteiger partial charge in [-0.1, -0.05) is 67.7 Å². The summed E-state index contributed by atoms with van der Waals surface area (Å²) >= 11 is 0. The zero-order valence-electron chi connectivity index (χ0n) is 18.1. The minimum Gasteiger partial charge on any atom is -0.309 e. The molecule has 0 bridgehead atoms. The fraction of sp³-hybridized carbons (Fsp3) is 0.696. The van der Waals surface area contributed by atoms with E-state index < -0.39 is 5.41 Å². The molecule has 0 aromatic heterocycles. The highest BCUT2D eigenvalue weighted by Gasteiger charge is 2.43. The third-order valence-corrected chi connectivity index (χ3v) is 5.98. The maximum atomic E-state index is 14.0. The Morgan fingerprint density at radius 3 is 2.23 bits per heavy atom. The Hall–Kier alpha value is -1.38. The maximum Gasteiger partial charge on any atom is 0.233 e. The molecular formula is C23H38FNO. The van der Waals surface area contributed by atoms with E-state index in [9.17, 15) is 9.18 Å². The lowest BCUT2D eigenvalue weighted by Crippen LogP contribution is -2.51. The van der Waals surface area contributed by atoms with Gasteiger partial charge < -0.3 is 4.90 Å². The van der Waals surface area contributed by atoms with Crippen LogP contribution in [0.4, 0.5) is 10.1 Å². The number of rotatable bonds is 8. The van der Waals surface area contributed by atoms with Crippen molar-refractivity contribution >= 4 is 11.6 Å². The average Bonchev–Trinajstić information content (AvgIpc) is 2.55. The molecule has 1 aromatic carbocycles. The fourth-order valence-corrected chi connectivity index (χ4v) is 2.99. The van der Waals surface area contributed by atoms with Crippen LogP contribution in [0, 0.1) is 16.6 Å². The number of nitrogens with zero attached hydrogens (tertiary/aromatic N) is 1. The molecule has 1 rings (SSSR count). The molecule has 1 amide bonds. The van der Waals surface area contributed by atoms with Gasteiger partial charge in [-0.25, -0.2) is 4.39 Å². The van der Waals surface area contributed by atoms with E-state index in [4.69, 9.17) is 0 Å². The van der Waals surface area contributed by atoms with Gasteiger partial charge >= 0.3 is 0 Å². The van der Waals surface area contributed by atoms with Crippen LogP contribution in [0.25, 0.3) is 0 Å². The molecule has 0 fully saturated rings. The van der Waals surface area contributed by atoms with Crippen LogP contribution in [0.3, 0.4) is 0 Å². The van der Waals surface area contributed by atoms with Crippen molar-refractivity contribution < 1.29 is 9.18 Å². The lowest BCUT2D eigenvalue weighted by atomic mass is 9.68. The summed E-state index contributed by atoms with van der Waals surface area (Å²) in [6.45, 7) is 16.6. The monoisotopic (exact) mass is 363 g/mol. The van der Waals surface area contributed by atoms with Gasteiger partial charge in [-0.2, -0.15) is 0 Å². The summed E-state index contributed by atoms with van der Waals surface area (Å²) in [5.74, 6) is -0.0833. The van der Waals surface area contributed by atoms with Gasteiger partial charge in [0, 0.05) is 17.1 Å². The Bertz CT molecular complexity index is 601. The van der Waals surface area contributed by atoms with Crippen LogP contribution in [0.5, 0.6) is 0 Å². The number of hydrogen-bond donors (Lipinski definition) is 0. The molecule has 0 saturated carbocycles. The van der Waals surface area contributed by atoms with Crippen molar-refractivity contribution in [2.45, 2.75) is 93.5 Å². The third-order valence-electron chi connectivity index (χ3n) is 5.98. The zero-order valence-corrected chi connectivity index (χ0v) is 18.1. The number of carbonyl (C=O) groups is 1. The van der Waals surface area contributed by atoms with E-state index in [2.05, 4.69) is 34.6 Å². The van der Waals surface area contributed by atoms with Crippen LogP contribution in [0.1, 0.15) is 86.6 Å². The summed E-state index contributed by atoms with van der Waals surface area (Å²) < 4.78 is 14.0.